The molecule has 0 radical (unpaired) electrons. The number of nitrogens with zero attached hydrogens (tertiary/aromatic N) is 1. The Labute approximate surface area is 158 Å². The Morgan fingerprint density at radius 3 is 2.67 bits per heavy atom. The smallest absolute Gasteiger partial charge is 0.259 e. The normalized spacial score (nSPS) is 10.9. The molecule has 0 saturated heterocycles. The molecule has 2 N–H and O–H groups in total. The summed E-state index contributed by atoms with van der Waals surface area (Å²) in [5, 5.41) is 6.85. The maximum Gasteiger partial charge on any atom is 0.259 e. The molecule has 1 heterocycles. The number of rotatable bonds is 5. The monoisotopic (exact) mass is 383 g/mol. The number of halogens is 1. The van der Waals surface area contributed by atoms with Crippen LogP contribution >= 0.6 is 11.6 Å². The average Bonchev–Trinajstić information content (AvgIpc) is 2.68. The number of hydrogen-bond acceptors (Lipinski definition) is 5. The van der Waals surface area contributed by atoms with Crippen LogP contribution in [0.3, 0.4) is 0 Å². The van der Waals surface area contributed by atoms with E-state index < -0.39 is 11.8 Å². The number of benzene rings is 2. The third-order valence-electron chi connectivity index (χ3n) is 3.63. The molecule has 27 heavy (non-hydrogen) atoms. The molecule has 2 aromatic carbocycles. The Morgan fingerprint density at radius 1 is 1.11 bits per heavy atom. The summed E-state index contributed by atoms with van der Waals surface area (Å²) in [6.45, 7) is -0.298. The molecule has 3 rings (SSSR count). The first kappa shape index (κ1) is 18.3. The van der Waals surface area contributed by atoms with Gasteiger partial charge in [0.2, 0.25) is 5.43 Å². The SMILES string of the molecule is O=C(CNC(=O)c1ccccc1Cl)N/N=C\c1coc2ccccc2c1=O. The highest BCUT2D eigenvalue weighted by Gasteiger charge is 2.10. The molecule has 0 aliphatic rings. The maximum atomic E-state index is 12.3. The van der Waals surface area contributed by atoms with Crippen LogP contribution in [0.4, 0.5) is 0 Å². The van der Waals surface area contributed by atoms with Gasteiger partial charge in [-0.1, -0.05) is 35.9 Å². The fraction of sp³-hybridized carbons (Fsp3) is 0.0526. The number of hydrazone groups is 1. The Balaban J connectivity index is 1.58. The lowest BCUT2D eigenvalue weighted by Gasteiger charge is -2.05. The van der Waals surface area contributed by atoms with Crippen molar-refractivity contribution in [3.63, 3.8) is 0 Å². The molecule has 0 spiro atoms. The van der Waals surface area contributed by atoms with Gasteiger partial charge in [-0.2, -0.15) is 5.10 Å². The standard InChI is InChI=1S/C19H14ClN3O4/c20-15-7-3-1-5-13(15)19(26)21-10-17(24)23-22-9-12-11-27-16-8-4-2-6-14(16)18(12)25/h1-9,11H,10H2,(H,21,26)(H,23,24)/b22-9-. The number of carbonyl (C=O) groups is 2. The summed E-state index contributed by atoms with van der Waals surface area (Å²) in [4.78, 5) is 36.0. The third kappa shape index (κ3) is 4.39. The van der Waals surface area contributed by atoms with Gasteiger partial charge < -0.3 is 9.73 Å². The van der Waals surface area contributed by atoms with Gasteiger partial charge in [-0.05, 0) is 24.3 Å². The number of hydrogen-bond donors (Lipinski definition) is 2. The summed E-state index contributed by atoms with van der Waals surface area (Å²) in [5.74, 6) is -1.04. The zero-order chi connectivity index (χ0) is 19.2. The van der Waals surface area contributed by atoms with Gasteiger partial charge in [0.05, 0.1) is 34.3 Å². The fourth-order valence-electron chi connectivity index (χ4n) is 2.30. The van der Waals surface area contributed by atoms with Gasteiger partial charge in [-0.25, -0.2) is 5.43 Å². The highest BCUT2D eigenvalue weighted by Crippen LogP contribution is 2.14. The number of fused-ring (bicyclic) bond motifs is 1. The first-order valence-corrected chi connectivity index (χ1v) is 8.29. The molecule has 0 fully saturated rings. The number of para-hydroxylation sites is 1. The number of amides is 2. The predicted molar refractivity (Wildman–Crippen MR) is 102 cm³/mol. The van der Waals surface area contributed by atoms with Crippen LogP contribution in [0.2, 0.25) is 5.02 Å². The summed E-state index contributed by atoms with van der Waals surface area (Å²) >= 11 is 5.92. The zero-order valence-electron chi connectivity index (χ0n) is 13.9. The van der Waals surface area contributed by atoms with Gasteiger partial charge in [0.25, 0.3) is 11.8 Å². The van der Waals surface area contributed by atoms with Gasteiger partial charge in [-0.3, -0.25) is 14.4 Å². The van der Waals surface area contributed by atoms with E-state index in [9.17, 15) is 14.4 Å². The van der Waals surface area contributed by atoms with Gasteiger partial charge in [0.15, 0.2) is 0 Å². The van der Waals surface area contributed by atoms with Crippen molar-refractivity contribution in [1.29, 1.82) is 0 Å². The van der Waals surface area contributed by atoms with E-state index in [1.165, 1.54) is 12.5 Å². The molecule has 7 nitrogen and oxygen atoms in total. The first-order valence-electron chi connectivity index (χ1n) is 7.91. The Hall–Kier alpha value is -3.45. The van der Waals surface area contributed by atoms with E-state index in [1.54, 1.807) is 48.5 Å². The van der Waals surface area contributed by atoms with Gasteiger partial charge in [0.1, 0.15) is 11.8 Å². The molecule has 0 atom stereocenters. The minimum atomic E-state index is -0.558. The lowest BCUT2D eigenvalue weighted by molar-refractivity contribution is -0.120. The Kier molecular flexibility index (Phi) is 5.63. The summed E-state index contributed by atoms with van der Waals surface area (Å²) < 4.78 is 5.35. The van der Waals surface area contributed by atoms with E-state index in [0.717, 1.165) is 0 Å². The van der Waals surface area contributed by atoms with E-state index in [2.05, 4.69) is 15.8 Å². The van der Waals surface area contributed by atoms with Crippen molar-refractivity contribution in [3.05, 3.63) is 81.2 Å². The first-order chi connectivity index (χ1) is 13.1. The van der Waals surface area contributed by atoms with E-state index in [-0.39, 0.29) is 28.1 Å². The molecule has 8 heteroatoms. The quantitative estimate of drug-likeness (QED) is 0.521. The molecule has 0 aliphatic carbocycles. The largest absolute Gasteiger partial charge is 0.463 e. The van der Waals surface area contributed by atoms with Crippen molar-refractivity contribution in [2.45, 2.75) is 0 Å². The van der Waals surface area contributed by atoms with Crippen molar-refractivity contribution >= 4 is 40.6 Å². The molecular weight excluding hydrogens is 370 g/mol. The minimum Gasteiger partial charge on any atom is -0.463 e. The van der Waals surface area contributed by atoms with Crippen LogP contribution in [0.25, 0.3) is 11.0 Å². The molecular formula is C19H14ClN3O4. The summed E-state index contributed by atoms with van der Waals surface area (Å²) in [7, 11) is 0. The number of carbonyl (C=O) groups excluding carboxylic acids is 2. The highest BCUT2D eigenvalue weighted by molar-refractivity contribution is 6.33. The number of nitrogens with one attached hydrogen (secondary N) is 2. The lowest BCUT2D eigenvalue weighted by atomic mass is 10.2. The van der Waals surface area contributed by atoms with Crippen molar-refractivity contribution in [1.82, 2.24) is 10.7 Å². The molecule has 2 amide bonds. The third-order valence-corrected chi connectivity index (χ3v) is 3.96. The summed E-state index contributed by atoms with van der Waals surface area (Å²) in [5.41, 5.74) is 2.89. The van der Waals surface area contributed by atoms with E-state index in [4.69, 9.17) is 16.0 Å². The summed E-state index contributed by atoms with van der Waals surface area (Å²) in [6.07, 6.45) is 2.45. The topological polar surface area (TPSA) is 101 Å². The van der Waals surface area contributed by atoms with E-state index in [0.29, 0.717) is 11.0 Å². The molecule has 0 unspecified atom stereocenters. The van der Waals surface area contributed by atoms with Crippen LogP contribution in [-0.4, -0.2) is 24.6 Å². The van der Waals surface area contributed by atoms with Gasteiger partial charge in [-0.15, -0.1) is 0 Å². The van der Waals surface area contributed by atoms with Crippen LogP contribution in [0.1, 0.15) is 15.9 Å². The average molecular weight is 384 g/mol. The van der Waals surface area contributed by atoms with Gasteiger partial charge >= 0.3 is 0 Å². The highest BCUT2D eigenvalue weighted by atomic mass is 35.5. The molecule has 1 aromatic heterocycles. The Bertz CT molecular complexity index is 1090. The van der Waals surface area contributed by atoms with Crippen LogP contribution in [-0.2, 0) is 4.79 Å². The van der Waals surface area contributed by atoms with Crippen LogP contribution in [0, 0.1) is 0 Å². The van der Waals surface area contributed by atoms with Crippen LogP contribution in [0.15, 0.2) is 69.1 Å². The second-order valence-electron chi connectivity index (χ2n) is 5.47. The minimum absolute atomic E-state index is 0.189. The second kappa shape index (κ2) is 8.29. The van der Waals surface area contributed by atoms with Crippen molar-refractivity contribution in [2.24, 2.45) is 5.10 Å². The molecule has 0 aliphatic heterocycles. The van der Waals surface area contributed by atoms with E-state index in [1.807, 2.05) is 0 Å². The predicted octanol–water partition coefficient (Wildman–Crippen LogP) is 2.33. The summed E-state index contributed by atoms with van der Waals surface area (Å²) in [6, 6.07) is 13.3. The molecule has 0 bridgehead atoms. The molecule has 0 saturated carbocycles. The van der Waals surface area contributed by atoms with E-state index >= 15 is 0 Å². The fourth-order valence-corrected chi connectivity index (χ4v) is 2.52. The van der Waals surface area contributed by atoms with Crippen LogP contribution in [0.5, 0.6) is 0 Å². The molecule has 136 valence electrons. The maximum absolute atomic E-state index is 12.3. The Morgan fingerprint density at radius 2 is 1.85 bits per heavy atom. The van der Waals surface area contributed by atoms with Crippen molar-refractivity contribution < 1.29 is 14.0 Å². The van der Waals surface area contributed by atoms with Crippen molar-refractivity contribution in [3.8, 4) is 0 Å². The van der Waals surface area contributed by atoms with Crippen LogP contribution < -0.4 is 16.2 Å². The van der Waals surface area contributed by atoms with Gasteiger partial charge in [0, 0.05) is 0 Å². The zero-order valence-corrected chi connectivity index (χ0v) is 14.7. The second-order valence-corrected chi connectivity index (χ2v) is 5.88. The van der Waals surface area contributed by atoms with Crippen molar-refractivity contribution in [2.75, 3.05) is 6.54 Å². The molecule has 3 aromatic rings. The lowest BCUT2D eigenvalue weighted by Crippen LogP contribution is -2.35.